The zero-order valence-corrected chi connectivity index (χ0v) is 53.4. The molecule has 0 aliphatic carbocycles. The summed E-state index contributed by atoms with van der Waals surface area (Å²) < 4.78 is 5.48. The summed E-state index contributed by atoms with van der Waals surface area (Å²) in [7, 11) is 0. The minimum absolute atomic E-state index is 0.0137. The third-order valence-electron chi connectivity index (χ3n) is 16.7. The summed E-state index contributed by atoms with van der Waals surface area (Å²) >= 11 is 0. The SMILES string of the molecule is CCCCCCCCCCCCCCCCCCCC/C=C/C(O)C(CO)NC(=O)CCCCCCCCCCCCCCC/C=C\C/C=C\CCCCCCCCCCCOC(=O)CCCCCCCCCCCCCCC. The van der Waals surface area contributed by atoms with Crippen molar-refractivity contribution in [3.05, 3.63) is 36.5 Å². The standard InChI is InChI=1S/C73H139NO5/c1-3-5-7-9-11-13-15-17-18-19-20-32-35-38-42-45-49-53-57-61-65-71(76)70(69-75)74-72(77)66-62-58-54-50-46-43-39-36-33-30-28-26-24-22-21-23-25-27-29-31-34-37-40-44-48-52-56-60-64-68-79-73(78)67-63-59-55-51-47-41-16-14-12-10-8-6-4-2/h21,23,27,29,61,65,70-71,75-76H,3-20,22,24-26,28,30-60,62-64,66-69H2,1-2H3,(H,74,77)/b23-21-,29-27-,65-61+. The number of esters is 1. The van der Waals surface area contributed by atoms with Crippen LogP contribution in [0.1, 0.15) is 393 Å². The maximum atomic E-state index is 12.5. The van der Waals surface area contributed by atoms with Crippen molar-refractivity contribution < 1.29 is 24.5 Å². The van der Waals surface area contributed by atoms with E-state index in [1.54, 1.807) is 6.08 Å². The molecule has 0 aliphatic rings. The summed E-state index contributed by atoms with van der Waals surface area (Å²) in [5, 5.41) is 23.2. The molecule has 0 spiro atoms. The number of carbonyl (C=O) groups is 2. The third kappa shape index (κ3) is 65.1. The smallest absolute Gasteiger partial charge is 0.305 e. The minimum Gasteiger partial charge on any atom is -0.466 e. The van der Waals surface area contributed by atoms with E-state index in [4.69, 9.17) is 4.74 Å². The Morgan fingerprint density at radius 2 is 0.633 bits per heavy atom. The van der Waals surface area contributed by atoms with Gasteiger partial charge in [0.25, 0.3) is 0 Å². The van der Waals surface area contributed by atoms with E-state index in [0.29, 0.717) is 19.4 Å². The van der Waals surface area contributed by atoms with Crippen molar-refractivity contribution in [3.63, 3.8) is 0 Å². The number of unbranched alkanes of at least 4 members (excludes halogenated alkanes) is 52. The number of hydrogen-bond acceptors (Lipinski definition) is 5. The Bertz CT molecular complexity index is 1280. The van der Waals surface area contributed by atoms with Crippen molar-refractivity contribution in [1.82, 2.24) is 5.32 Å². The molecule has 0 saturated heterocycles. The van der Waals surface area contributed by atoms with Crippen molar-refractivity contribution in [2.45, 2.75) is 405 Å². The molecule has 0 saturated carbocycles. The lowest BCUT2D eigenvalue weighted by Gasteiger charge is -2.20. The molecule has 0 aromatic carbocycles. The minimum atomic E-state index is -0.846. The highest BCUT2D eigenvalue weighted by atomic mass is 16.5. The second-order valence-electron chi connectivity index (χ2n) is 24.6. The molecule has 0 aromatic heterocycles. The van der Waals surface area contributed by atoms with Crippen LogP contribution >= 0.6 is 0 Å². The Hall–Kier alpha value is -1.92. The van der Waals surface area contributed by atoms with Gasteiger partial charge >= 0.3 is 5.97 Å². The summed E-state index contributed by atoms with van der Waals surface area (Å²) in [6.07, 6.45) is 88.0. The summed E-state index contributed by atoms with van der Waals surface area (Å²) in [5.74, 6) is -0.0518. The van der Waals surface area contributed by atoms with Gasteiger partial charge in [-0.15, -0.1) is 0 Å². The first-order valence-electron chi connectivity index (χ1n) is 35.8. The topological polar surface area (TPSA) is 95.9 Å². The number of carbonyl (C=O) groups excluding carboxylic acids is 2. The molecule has 0 rings (SSSR count). The van der Waals surface area contributed by atoms with Gasteiger partial charge in [-0.25, -0.2) is 0 Å². The average molecular weight is 1110 g/mol. The Morgan fingerprint density at radius 3 is 0.962 bits per heavy atom. The van der Waals surface area contributed by atoms with Gasteiger partial charge < -0.3 is 20.3 Å². The maximum Gasteiger partial charge on any atom is 0.305 e. The number of aliphatic hydroxyl groups is 2. The first-order chi connectivity index (χ1) is 39.0. The molecular formula is C73H139NO5. The molecule has 2 atom stereocenters. The predicted molar refractivity (Wildman–Crippen MR) is 347 cm³/mol. The largest absolute Gasteiger partial charge is 0.466 e. The first kappa shape index (κ1) is 77.1. The maximum absolute atomic E-state index is 12.5. The highest BCUT2D eigenvalue weighted by Crippen LogP contribution is 2.18. The fourth-order valence-electron chi connectivity index (χ4n) is 11.2. The van der Waals surface area contributed by atoms with Crippen LogP contribution < -0.4 is 5.32 Å². The molecule has 466 valence electrons. The number of nitrogens with one attached hydrogen (secondary N) is 1. The number of ether oxygens (including phenoxy) is 1. The van der Waals surface area contributed by atoms with E-state index in [9.17, 15) is 19.8 Å². The molecule has 0 radical (unpaired) electrons. The van der Waals surface area contributed by atoms with E-state index in [1.807, 2.05) is 6.08 Å². The van der Waals surface area contributed by atoms with Gasteiger partial charge in [-0.2, -0.15) is 0 Å². The monoisotopic (exact) mass is 1110 g/mol. The van der Waals surface area contributed by atoms with Crippen molar-refractivity contribution in [2.24, 2.45) is 0 Å². The van der Waals surface area contributed by atoms with Gasteiger partial charge in [0, 0.05) is 12.8 Å². The second-order valence-corrected chi connectivity index (χ2v) is 24.6. The van der Waals surface area contributed by atoms with Crippen LogP contribution in [0.15, 0.2) is 36.5 Å². The molecule has 0 fully saturated rings. The van der Waals surface area contributed by atoms with Crippen molar-refractivity contribution in [1.29, 1.82) is 0 Å². The highest BCUT2D eigenvalue weighted by molar-refractivity contribution is 5.76. The molecule has 2 unspecified atom stereocenters. The molecule has 6 heteroatoms. The number of allylic oxidation sites excluding steroid dienone is 5. The molecule has 1 amide bonds. The van der Waals surface area contributed by atoms with E-state index < -0.39 is 12.1 Å². The van der Waals surface area contributed by atoms with Crippen LogP contribution in [-0.2, 0) is 14.3 Å². The lowest BCUT2D eigenvalue weighted by Crippen LogP contribution is -2.45. The lowest BCUT2D eigenvalue weighted by molar-refractivity contribution is -0.143. The molecule has 0 bridgehead atoms. The zero-order valence-electron chi connectivity index (χ0n) is 53.4. The molecule has 0 aromatic rings. The first-order valence-corrected chi connectivity index (χ1v) is 35.8. The van der Waals surface area contributed by atoms with Crippen molar-refractivity contribution in [2.75, 3.05) is 13.2 Å². The normalized spacial score (nSPS) is 12.7. The van der Waals surface area contributed by atoms with Gasteiger partial charge in [0.05, 0.1) is 25.4 Å². The van der Waals surface area contributed by atoms with E-state index in [2.05, 4.69) is 43.5 Å². The van der Waals surface area contributed by atoms with Crippen LogP contribution in [-0.4, -0.2) is 47.4 Å². The molecule has 0 aliphatic heterocycles. The highest BCUT2D eigenvalue weighted by Gasteiger charge is 2.18. The Labute approximate surface area is 494 Å². The third-order valence-corrected chi connectivity index (χ3v) is 16.7. The van der Waals surface area contributed by atoms with Crippen molar-refractivity contribution >= 4 is 11.9 Å². The number of amides is 1. The van der Waals surface area contributed by atoms with Gasteiger partial charge in [0.1, 0.15) is 0 Å². The van der Waals surface area contributed by atoms with E-state index in [-0.39, 0.29) is 18.5 Å². The van der Waals surface area contributed by atoms with Gasteiger partial charge in [0.15, 0.2) is 0 Å². The van der Waals surface area contributed by atoms with Gasteiger partial charge in [-0.05, 0) is 64.2 Å². The van der Waals surface area contributed by atoms with Crippen molar-refractivity contribution in [3.8, 4) is 0 Å². The fraction of sp³-hybridized carbons (Fsp3) is 0.890. The van der Waals surface area contributed by atoms with Crippen LogP contribution in [0.5, 0.6) is 0 Å². The Kier molecular flexibility index (Phi) is 66.9. The lowest BCUT2D eigenvalue weighted by atomic mass is 10.0. The van der Waals surface area contributed by atoms with Gasteiger partial charge in [0.2, 0.25) is 5.91 Å². The van der Waals surface area contributed by atoms with E-state index in [1.165, 1.54) is 321 Å². The van der Waals surface area contributed by atoms with E-state index in [0.717, 1.165) is 44.9 Å². The predicted octanol–water partition coefficient (Wildman–Crippen LogP) is 23.1. The van der Waals surface area contributed by atoms with Crippen LogP contribution in [0.25, 0.3) is 0 Å². The molecule has 3 N–H and O–H groups in total. The summed E-state index contributed by atoms with van der Waals surface area (Å²) in [6.45, 7) is 4.94. The van der Waals surface area contributed by atoms with Crippen LogP contribution in [0.2, 0.25) is 0 Å². The Morgan fingerprint density at radius 1 is 0.354 bits per heavy atom. The fourth-order valence-corrected chi connectivity index (χ4v) is 11.2. The molecule has 79 heavy (non-hydrogen) atoms. The number of aliphatic hydroxyl groups excluding tert-OH is 2. The quantitative estimate of drug-likeness (QED) is 0.0320. The zero-order chi connectivity index (χ0) is 57.1. The average Bonchev–Trinajstić information content (AvgIpc) is 3.45. The van der Waals surface area contributed by atoms with Crippen LogP contribution in [0.3, 0.4) is 0 Å². The molecule has 6 nitrogen and oxygen atoms in total. The number of hydrogen-bond donors (Lipinski definition) is 3. The Balaban J connectivity index is 3.43. The van der Waals surface area contributed by atoms with Crippen LogP contribution in [0, 0.1) is 0 Å². The van der Waals surface area contributed by atoms with E-state index >= 15 is 0 Å². The molecular weight excluding hydrogens is 971 g/mol. The summed E-state index contributed by atoms with van der Waals surface area (Å²) in [6, 6.07) is -0.630. The summed E-state index contributed by atoms with van der Waals surface area (Å²) in [5.41, 5.74) is 0. The summed E-state index contributed by atoms with van der Waals surface area (Å²) in [4.78, 5) is 24.6. The second kappa shape index (κ2) is 68.6. The number of rotatable bonds is 67. The van der Waals surface area contributed by atoms with Gasteiger partial charge in [-0.1, -0.05) is 352 Å². The molecule has 0 heterocycles. The van der Waals surface area contributed by atoms with Gasteiger partial charge in [-0.3, -0.25) is 9.59 Å². The van der Waals surface area contributed by atoms with Crippen LogP contribution in [0.4, 0.5) is 0 Å².